The fraction of sp³-hybridized carbons (Fsp3) is 0.400. The predicted octanol–water partition coefficient (Wildman–Crippen LogP) is 1.18. The maximum absolute atomic E-state index is 12.1. The van der Waals surface area contributed by atoms with E-state index in [4.69, 9.17) is 4.74 Å². The van der Waals surface area contributed by atoms with Gasteiger partial charge in [-0.25, -0.2) is 0 Å². The van der Waals surface area contributed by atoms with Gasteiger partial charge in [-0.1, -0.05) is 12.1 Å². The normalized spacial score (nSPS) is 17.7. The molecule has 1 aliphatic heterocycles. The molecule has 1 saturated heterocycles. The van der Waals surface area contributed by atoms with Gasteiger partial charge in [0.1, 0.15) is 18.0 Å². The molecule has 1 aromatic carbocycles. The fourth-order valence-electron chi connectivity index (χ4n) is 2.37. The van der Waals surface area contributed by atoms with Gasteiger partial charge in [0.2, 0.25) is 5.91 Å². The number of rotatable bonds is 5. The molecular formula is C15H17NO5. The van der Waals surface area contributed by atoms with Crippen molar-refractivity contribution >= 4 is 23.3 Å². The van der Waals surface area contributed by atoms with Gasteiger partial charge >= 0.3 is 5.97 Å². The number of carbonyl (C=O) groups is 3. The Kier molecular flexibility index (Phi) is 4.57. The molecule has 112 valence electrons. The van der Waals surface area contributed by atoms with Crippen LogP contribution in [0.3, 0.4) is 0 Å². The standard InChI is InChI=1S/C15H17NO5/c1-20-13-6-4-3-5-11(13)16-9-10(7-14(16)18)12(17)8-15(19)21-2/h3-6,10H,7-9H2,1-2H3. The molecule has 0 bridgehead atoms. The molecule has 1 heterocycles. The molecule has 0 saturated carbocycles. The summed E-state index contributed by atoms with van der Waals surface area (Å²) in [5.74, 6) is -0.910. The highest BCUT2D eigenvalue weighted by Crippen LogP contribution is 2.33. The lowest BCUT2D eigenvalue weighted by atomic mass is 10.0. The Morgan fingerprint density at radius 1 is 1.29 bits per heavy atom. The topological polar surface area (TPSA) is 72.9 Å². The highest BCUT2D eigenvalue weighted by atomic mass is 16.5. The van der Waals surface area contributed by atoms with Crippen LogP contribution >= 0.6 is 0 Å². The molecule has 0 radical (unpaired) electrons. The molecule has 0 aliphatic carbocycles. The van der Waals surface area contributed by atoms with Gasteiger partial charge in [0.05, 0.1) is 19.9 Å². The highest BCUT2D eigenvalue weighted by Gasteiger charge is 2.36. The zero-order valence-corrected chi connectivity index (χ0v) is 12.0. The third kappa shape index (κ3) is 3.21. The number of para-hydroxylation sites is 2. The molecule has 6 heteroatoms. The minimum Gasteiger partial charge on any atom is -0.495 e. The lowest BCUT2D eigenvalue weighted by Gasteiger charge is -2.19. The minimum atomic E-state index is -0.580. The van der Waals surface area contributed by atoms with Crippen molar-refractivity contribution in [2.24, 2.45) is 5.92 Å². The van der Waals surface area contributed by atoms with Crippen LogP contribution in [0.4, 0.5) is 5.69 Å². The second kappa shape index (κ2) is 6.39. The van der Waals surface area contributed by atoms with Gasteiger partial charge in [0, 0.05) is 18.9 Å². The molecule has 0 spiro atoms. The molecule has 1 aliphatic rings. The molecule has 1 atom stereocenters. The number of methoxy groups -OCH3 is 2. The van der Waals surface area contributed by atoms with E-state index in [1.807, 2.05) is 6.07 Å². The quantitative estimate of drug-likeness (QED) is 0.601. The molecule has 6 nitrogen and oxygen atoms in total. The molecule has 1 fully saturated rings. The Hall–Kier alpha value is -2.37. The smallest absolute Gasteiger partial charge is 0.313 e. The fourth-order valence-corrected chi connectivity index (χ4v) is 2.37. The second-order valence-corrected chi connectivity index (χ2v) is 4.80. The van der Waals surface area contributed by atoms with Gasteiger partial charge < -0.3 is 14.4 Å². The van der Waals surface area contributed by atoms with Gasteiger partial charge in [0.25, 0.3) is 0 Å². The van der Waals surface area contributed by atoms with Crippen LogP contribution in [-0.2, 0) is 19.1 Å². The van der Waals surface area contributed by atoms with Crippen LogP contribution < -0.4 is 9.64 Å². The van der Waals surface area contributed by atoms with Gasteiger partial charge in [-0.15, -0.1) is 0 Å². The van der Waals surface area contributed by atoms with Gasteiger partial charge in [-0.2, -0.15) is 0 Å². The average Bonchev–Trinajstić information content (AvgIpc) is 2.89. The van der Waals surface area contributed by atoms with Gasteiger partial charge in [-0.05, 0) is 12.1 Å². The number of Topliss-reactive ketones (excluding diaryl/α,β-unsaturated/α-hetero) is 1. The first-order valence-electron chi connectivity index (χ1n) is 6.59. The van der Waals surface area contributed by atoms with Crippen LogP contribution in [0.1, 0.15) is 12.8 Å². The van der Waals surface area contributed by atoms with Crippen LogP contribution in [-0.4, -0.2) is 38.4 Å². The number of esters is 1. The zero-order chi connectivity index (χ0) is 15.4. The van der Waals surface area contributed by atoms with Crippen molar-refractivity contribution in [1.29, 1.82) is 0 Å². The summed E-state index contributed by atoms with van der Waals surface area (Å²) >= 11 is 0. The second-order valence-electron chi connectivity index (χ2n) is 4.80. The number of hydrogen-bond acceptors (Lipinski definition) is 5. The summed E-state index contributed by atoms with van der Waals surface area (Å²) in [6.07, 6.45) is -0.192. The molecule has 1 aromatic rings. The molecule has 21 heavy (non-hydrogen) atoms. The highest BCUT2D eigenvalue weighted by molar-refractivity contribution is 6.05. The maximum atomic E-state index is 12.1. The van der Waals surface area contributed by atoms with Gasteiger partial charge in [0.15, 0.2) is 0 Å². The number of ether oxygens (including phenoxy) is 2. The van der Waals surface area contributed by atoms with Crippen molar-refractivity contribution < 1.29 is 23.9 Å². The SMILES string of the molecule is COC(=O)CC(=O)C1CC(=O)N(c2ccccc2OC)C1. The van der Waals surface area contributed by atoms with Crippen LogP contribution in [0.5, 0.6) is 5.75 Å². The van der Waals surface area contributed by atoms with Crippen LogP contribution in [0.2, 0.25) is 0 Å². The number of nitrogens with zero attached hydrogens (tertiary/aromatic N) is 1. The van der Waals surface area contributed by atoms with E-state index in [0.717, 1.165) is 0 Å². The van der Waals surface area contributed by atoms with Crippen LogP contribution in [0.25, 0.3) is 0 Å². The van der Waals surface area contributed by atoms with Gasteiger partial charge in [-0.3, -0.25) is 14.4 Å². The van der Waals surface area contributed by atoms with E-state index in [1.165, 1.54) is 19.1 Å². The largest absolute Gasteiger partial charge is 0.495 e. The summed E-state index contributed by atoms with van der Waals surface area (Å²) in [6.45, 7) is 0.259. The first-order valence-corrected chi connectivity index (χ1v) is 6.59. The summed E-state index contributed by atoms with van der Waals surface area (Å²) in [6, 6.07) is 7.13. The molecular weight excluding hydrogens is 274 g/mol. The summed E-state index contributed by atoms with van der Waals surface area (Å²) < 4.78 is 9.71. The average molecular weight is 291 g/mol. The molecule has 2 rings (SSSR count). The first kappa shape index (κ1) is 15.0. The predicted molar refractivity (Wildman–Crippen MR) is 75.1 cm³/mol. The van der Waals surface area contributed by atoms with Crippen molar-refractivity contribution in [2.75, 3.05) is 25.7 Å². The Balaban J connectivity index is 2.13. The van der Waals surface area contributed by atoms with E-state index in [9.17, 15) is 14.4 Å². The summed E-state index contributed by atoms with van der Waals surface area (Å²) in [7, 11) is 2.76. The summed E-state index contributed by atoms with van der Waals surface area (Å²) in [4.78, 5) is 36.8. The first-order chi connectivity index (χ1) is 10.1. The lowest BCUT2D eigenvalue weighted by Crippen LogP contribution is -2.26. The van der Waals surface area contributed by atoms with E-state index in [-0.39, 0.29) is 31.1 Å². The Morgan fingerprint density at radius 3 is 2.67 bits per heavy atom. The monoisotopic (exact) mass is 291 g/mol. The van der Waals surface area contributed by atoms with Crippen molar-refractivity contribution in [1.82, 2.24) is 0 Å². The van der Waals surface area contributed by atoms with E-state index >= 15 is 0 Å². The Bertz CT molecular complexity index is 569. The van der Waals surface area contributed by atoms with Crippen molar-refractivity contribution in [2.45, 2.75) is 12.8 Å². The van der Waals surface area contributed by atoms with E-state index in [2.05, 4.69) is 4.74 Å². The molecule has 1 amide bonds. The zero-order valence-electron chi connectivity index (χ0n) is 12.0. The summed E-state index contributed by atoms with van der Waals surface area (Å²) in [5, 5.41) is 0. The third-order valence-corrected chi connectivity index (χ3v) is 3.50. The van der Waals surface area contributed by atoms with E-state index < -0.39 is 11.9 Å². The van der Waals surface area contributed by atoms with Crippen LogP contribution in [0, 0.1) is 5.92 Å². The minimum absolute atomic E-state index is 0.105. The molecule has 1 unspecified atom stereocenters. The Morgan fingerprint density at radius 2 is 2.00 bits per heavy atom. The van der Waals surface area contributed by atoms with Crippen molar-refractivity contribution in [3.05, 3.63) is 24.3 Å². The number of anilines is 1. The number of hydrogen-bond donors (Lipinski definition) is 0. The van der Waals surface area contributed by atoms with Crippen molar-refractivity contribution in [3.63, 3.8) is 0 Å². The molecule has 0 aromatic heterocycles. The van der Waals surface area contributed by atoms with Crippen LogP contribution in [0.15, 0.2) is 24.3 Å². The number of amides is 1. The van der Waals surface area contributed by atoms with Crippen molar-refractivity contribution in [3.8, 4) is 5.75 Å². The Labute approximate surface area is 122 Å². The number of carbonyl (C=O) groups excluding carboxylic acids is 3. The van der Waals surface area contributed by atoms with E-state index in [0.29, 0.717) is 11.4 Å². The number of ketones is 1. The lowest BCUT2D eigenvalue weighted by molar-refractivity contribution is -0.144. The maximum Gasteiger partial charge on any atom is 0.313 e. The van der Waals surface area contributed by atoms with E-state index in [1.54, 1.807) is 18.2 Å². The molecule has 0 N–H and O–H groups in total. The summed E-state index contributed by atoms with van der Waals surface area (Å²) in [5.41, 5.74) is 0.637. The number of benzene rings is 1. The third-order valence-electron chi connectivity index (χ3n) is 3.50.